The summed E-state index contributed by atoms with van der Waals surface area (Å²) >= 11 is 0. The summed E-state index contributed by atoms with van der Waals surface area (Å²) in [6, 6.07) is 0. The Labute approximate surface area is 160 Å². The van der Waals surface area contributed by atoms with Gasteiger partial charge in [-0.3, -0.25) is 4.79 Å². The maximum absolute atomic E-state index is 10.3. The summed E-state index contributed by atoms with van der Waals surface area (Å²) in [4.78, 5) is 10.3. The molecule has 5 N–H and O–H groups in total. The molecule has 0 aliphatic carbocycles. The van der Waals surface area contributed by atoms with Gasteiger partial charge in [-0.25, -0.2) is 0 Å². The van der Waals surface area contributed by atoms with Gasteiger partial charge in [0.25, 0.3) is 0 Å². The van der Waals surface area contributed by atoms with Crippen LogP contribution in [0.4, 0.5) is 0 Å². The number of carboxylic acid groups (broad SMARTS) is 1. The zero-order chi connectivity index (χ0) is 19.7. The molecule has 4 heteroatoms. The van der Waals surface area contributed by atoms with Gasteiger partial charge in [0.15, 0.2) is 0 Å². The van der Waals surface area contributed by atoms with Crippen LogP contribution in [0.5, 0.6) is 0 Å². The van der Waals surface area contributed by atoms with Gasteiger partial charge < -0.3 is 16.6 Å². The standard InChI is InChI=1S/C20H30O2.C2H8N2/c1-2-3-4-5-6-7-8-9-10-11-12-13-14-15-16-17-18-19-20(21)22;3-1-2-4/h3-4,6-7,9-10,12-13,15-16H,2,5,8,11,14,17-19H2,1H3,(H,21,22);1-4H2/b4-3-,7-6-,10-9-,13-12-,16-15-;. The predicted molar refractivity (Wildman–Crippen MR) is 114 cm³/mol. The minimum Gasteiger partial charge on any atom is -0.481 e. The minimum absolute atomic E-state index is 0.258. The van der Waals surface area contributed by atoms with Crippen LogP contribution in [0.25, 0.3) is 0 Å². The zero-order valence-corrected chi connectivity index (χ0v) is 16.4. The smallest absolute Gasteiger partial charge is 0.303 e. The molecule has 0 rings (SSSR count). The normalized spacial score (nSPS) is 12.0. The van der Waals surface area contributed by atoms with Gasteiger partial charge in [0.2, 0.25) is 0 Å². The van der Waals surface area contributed by atoms with Gasteiger partial charge in [-0.2, -0.15) is 0 Å². The van der Waals surface area contributed by atoms with Crippen molar-refractivity contribution >= 4 is 5.97 Å². The molecular formula is C22H38N2O2. The largest absolute Gasteiger partial charge is 0.481 e. The third kappa shape index (κ3) is 30.0. The Hall–Kier alpha value is -1.91. The molecule has 0 radical (unpaired) electrons. The summed E-state index contributed by atoms with van der Waals surface area (Å²) < 4.78 is 0. The SMILES string of the molecule is CC/C=C\C/C=C\C/C=C\C/C=C\C/C=C\CCCC(=O)O.NCCN. The first-order valence-electron chi connectivity index (χ1n) is 9.55. The number of carbonyl (C=O) groups is 1. The van der Waals surface area contributed by atoms with Gasteiger partial charge >= 0.3 is 5.97 Å². The Bertz CT molecular complexity index is 433. The molecule has 0 saturated heterocycles. The van der Waals surface area contributed by atoms with Crippen molar-refractivity contribution in [2.45, 2.75) is 58.3 Å². The minimum atomic E-state index is -0.715. The van der Waals surface area contributed by atoms with Gasteiger partial charge in [-0.05, 0) is 44.9 Å². The van der Waals surface area contributed by atoms with E-state index in [1.165, 1.54) is 0 Å². The number of allylic oxidation sites excluding steroid dienone is 10. The van der Waals surface area contributed by atoms with Gasteiger partial charge in [-0.1, -0.05) is 67.7 Å². The van der Waals surface area contributed by atoms with Crippen molar-refractivity contribution < 1.29 is 9.90 Å². The van der Waals surface area contributed by atoms with Gasteiger partial charge in [0.05, 0.1) is 0 Å². The van der Waals surface area contributed by atoms with E-state index in [2.05, 4.69) is 67.7 Å². The van der Waals surface area contributed by atoms with Gasteiger partial charge in [-0.15, -0.1) is 0 Å². The second-order valence-electron chi connectivity index (χ2n) is 5.57. The van der Waals surface area contributed by atoms with Crippen molar-refractivity contribution in [3.8, 4) is 0 Å². The molecule has 0 spiro atoms. The quantitative estimate of drug-likeness (QED) is 0.303. The lowest BCUT2D eigenvalue weighted by atomic mass is 10.2. The van der Waals surface area contributed by atoms with Gasteiger partial charge in [0, 0.05) is 19.5 Å². The zero-order valence-electron chi connectivity index (χ0n) is 16.4. The van der Waals surface area contributed by atoms with Crippen LogP contribution in [0, 0.1) is 0 Å². The summed E-state index contributed by atoms with van der Waals surface area (Å²) in [6.45, 7) is 3.34. The van der Waals surface area contributed by atoms with Crippen molar-refractivity contribution in [2.75, 3.05) is 13.1 Å². The number of unbranched alkanes of at least 4 members (excludes halogenated alkanes) is 1. The third-order valence-electron chi connectivity index (χ3n) is 3.09. The molecule has 0 amide bonds. The molecule has 0 aromatic heterocycles. The van der Waals surface area contributed by atoms with Crippen molar-refractivity contribution in [1.82, 2.24) is 0 Å². The van der Waals surface area contributed by atoms with Crippen LogP contribution in [0.15, 0.2) is 60.8 Å². The van der Waals surface area contributed by atoms with Crippen LogP contribution in [-0.4, -0.2) is 24.2 Å². The molecule has 0 aromatic carbocycles. The molecule has 0 aromatic rings. The number of hydrogen-bond acceptors (Lipinski definition) is 3. The average Bonchev–Trinajstić information content (AvgIpc) is 2.64. The molecule has 0 fully saturated rings. The van der Waals surface area contributed by atoms with Crippen LogP contribution >= 0.6 is 0 Å². The van der Waals surface area contributed by atoms with E-state index in [9.17, 15) is 4.79 Å². The first kappa shape index (κ1) is 26.3. The predicted octanol–water partition coefficient (Wildman–Crippen LogP) is 4.90. The van der Waals surface area contributed by atoms with E-state index in [0.29, 0.717) is 13.1 Å². The Morgan fingerprint density at radius 1 is 0.731 bits per heavy atom. The highest BCUT2D eigenvalue weighted by molar-refractivity contribution is 5.66. The summed E-state index contributed by atoms with van der Waals surface area (Å²) in [6.07, 6.45) is 28.4. The fourth-order valence-electron chi connectivity index (χ4n) is 1.74. The van der Waals surface area contributed by atoms with E-state index in [-0.39, 0.29) is 6.42 Å². The second kappa shape index (κ2) is 25.3. The molecule has 0 heterocycles. The number of carboxylic acids is 1. The molecular weight excluding hydrogens is 324 g/mol. The maximum atomic E-state index is 10.3. The maximum Gasteiger partial charge on any atom is 0.303 e. The van der Waals surface area contributed by atoms with Crippen LogP contribution in [-0.2, 0) is 4.79 Å². The topological polar surface area (TPSA) is 89.3 Å². The Balaban J connectivity index is 0. The number of aliphatic carboxylic acids is 1. The molecule has 0 saturated carbocycles. The molecule has 0 unspecified atom stereocenters. The molecule has 26 heavy (non-hydrogen) atoms. The molecule has 0 atom stereocenters. The van der Waals surface area contributed by atoms with Crippen LogP contribution < -0.4 is 11.5 Å². The lowest BCUT2D eigenvalue weighted by Crippen LogP contribution is -2.11. The monoisotopic (exact) mass is 362 g/mol. The number of rotatable bonds is 14. The van der Waals surface area contributed by atoms with E-state index in [1.807, 2.05) is 0 Å². The average molecular weight is 363 g/mol. The summed E-state index contributed by atoms with van der Waals surface area (Å²) in [5, 5.41) is 8.49. The number of nitrogens with two attached hydrogens (primary N) is 2. The molecule has 4 nitrogen and oxygen atoms in total. The van der Waals surface area contributed by atoms with Crippen LogP contribution in [0.1, 0.15) is 58.3 Å². The molecule has 148 valence electrons. The van der Waals surface area contributed by atoms with E-state index in [4.69, 9.17) is 16.6 Å². The summed E-state index contributed by atoms with van der Waals surface area (Å²) in [7, 11) is 0. The fraction of sp³-hybridized carbons (Fsp3) is 0.500. The Morgan fingerprint density at radius 2 is 1.12 bits per heavy atom. The van der Waals surface area contributed by atoms with Crippen molar-refractivity contribution in [3.63, 3.8) is 0 Å². The highest BCUT2D eigenvalue weighted by Gasteiger charge is 1.92. The van der Waals surface area contributed by atoms with E-state index >= 15 is 0 Å². The summed E-state index contributed by atoms with van der Waals surface area (Å²) in [5.41, 5.74) is 9.81. The van der Waals surface area contributed by atoms with Crippen LogP contribution in [0.2, 0.25) is 0 Å². The lowest BCUT2D eigenvalue weighted by molar-refractivity contribution is -0.137. The molecule has 0 aliphatic rings. The highest BCUT2D eigenvalue weighted by atomic mass is 16.4. The van der Waals surface area contributed by atoms with E-state index < -0.39 is 5.97 Å². The first-order chi connectivity index (χ1) is 12.7. The van der Waals surface area contributed by atoms with Crippen molar-refractivity contribution in [3.05, 3.63) is 60.8 Å². The first-order valence-corrected chi connectivity index (χ1v) is 9.55. The lowest BCUT2D eigenvalue weighted by Gasteiger charge is -1.89. The summed E-state index contributed by atoms with van der Waals surface area (Å²) in [5.74, 6) is -0.715. The van der Waals surface area contributed by atoms with Crippen molar-refractivity contribution in [1.29, 1.82) is 0 Å². The van der Waals surface area contributed by atoms with Gasteiger partial charge in [0.1, 0.15) is 0 Å². The third-order valence-corrected chi connectivity index (χ3v) is 3.09. The van der Waals surface area contributed by atoms with E-state index in [0.717, 1.165) is 44.9 Å². The Morgan fingerprint density at radius 3 is 1.46 bits per heavy atom. The highest BCUT2D eigenvalue weighted by Crippen LogP contribution is 1.99. The van der Waals surface area contributed by atoms with E-state index in [1.54, 1.807) is 0 Å². The fourth-order valence-corrected chi connectivity index (χ4v) is 1.74. The molecule has 0 bridgehead atoms. The van der Waals surface area contributed by atoms with Crippen LogP contribution in [0.3, 0.4) is 0 Å². The number of hydrogen-bond donors (Lipinski definition) is 3. The molecule has 0 aliphatic heterocycles. The van der Waals surface area contributed by atoms with Crippen molar-refractivity contribution in [2.24, 2.45) is 11.5 Å². The second-order valence-corrected chi connectivity index (χ2v) is 5.57. The Kier molecular flexibility index (Phi) is 25.6.